The molecule has 5 nitrogen and oxygen atoms in total. The van der Waals surface area contributed by atoms with E-state index in [9.17, 15) is 4.79 Å². The van der Waals surface area contributed by atoms with Crippen molar-refractivity contribution in [3.05, 3.63) is 75.3 Å². The lowest BCUT2D eigenvalue weighted by Crippen LogP contribution is -2.21. The number of aromatic nitrogens is 3. The zero-order valence-corrected chi connectivity index (χ0v) is 18.3. The Bertz CT molecular complexity index is 1140. The van der Waals surface area contributed by atoms with Gasteiger partial charge in [0.05, 0.1) is 6.54 Å². The molecule has 0 aliphatic heterocycles. The van der Waals surface area contributed by atoms with Gasteiger partial charge < -0.3 is 4.42 Å². The maximum absolute atomic E-state index is 12.4. The highest BCUT2D eigenvalue weighted by atomic mass is 79.9. The largest absolute Gasteiger partial charge is 0.449 e. The van der Waals surface area contributed by atoms with Crippen molar-refractivity contribution >= 4 is 38.7 Å². The second-order valence-corrected chi connectivity index (χ2v) is 7.25. The van der Waals surface area contributed by atoms with Crippen molar-refractivity contribution in [2.45, 2.75) is 25.5 Å². The lowest BCUT2D eigenvalue weighted by Gasteiger charge is -2.10. The van der Waals surface area contributed by atoms with Gasteiger partial charge >= 0.3 is 0 Å². The van der Waals surface area contributed by atoms with E-state index in [4.69, 9.17) is 4.42 Å². The van der Waals surface area contributed by atoms with Crippen LogP contribution in [0.15, 0.2) is 73.8 Å². The molecule has 0 bridgehead atoms. The minimum absolute atomic E-state index is 0.0812. The van der Waals surface area contributed by atoms with E-state index in [0.29, 0.717) is 22.0 Å². The third-order valence-electron chi connectivity index (χ3n) is 4.04. The highest BCUT2D eigenvalue weighted by Gasteiger charge is 2.08. The van der Waals surface area contributed by atoms with Crippen LogP contribution in [0.4, 0.5) is 0 Å². The van der Waals surface area contributed by atoms with Gasteiger partial charge in [-0.2, -0.15) is 0 Å². The number of furan rings is 1. The summed E-state index contributed by atoms with van der Waals surface area (Å²) in [6.45, 7) is 4.45. The average molecular weight is 458 g/mol. The molecule has 0 fully saturated rings. The second-order valence-electron chi connectivity index (χ2n) is 5.69. The van der Waals surface area contributed by atoms with Gasteiger partial charge in [-0.15, -0.1) is 0 Å². The van der Waals surface area contributed by atoms with E-state index in [2.05, 4.69) is 25.9 Å². The summed E-state index contributed by atoms with van der Waals surface area (Å²) < 4.78 is 7.95. The minimum Gasteiger partial charge on any atom is -0.449 e. The second kappa shape index (κ2) is 9.21. The fourth-order valence-electron chi connectivity index (χ4n) is 2.73. The van der Waals surface area contributed by atoms with Crippen LogP contribution in [0.5, 0.6) is 0 Å². The predicted octanol–water partition coefficient (Wildman–Crippen LogP) is 5.61. The number of hydrogen-bond donors (Lipinski definition) is 0. The molecule has 0 radical (unpaired) electrons. The molecule has 0 unspecified atom stereocenters. The molecule has 3 heterocycles. The molecule has 4 rings (SSSR count). The monoisotopic (exact) mass is 457 g/mol. The van der Waals surface area contributed by atoms with E-state index in [1.165, 1.54) is 11.8 Å². The smallest absolute Gasteiger partial charge is 0.252 e. The summed E-state index contributed by atoms with van der Waals surface area (Å²) in [6.07, 6.45) is 3.67. The van der Waals surface area contributed by atoms with Gasteiger partial charge in [0.2, 0.25) is 0 Å². The molecule has 1 aromatic carbocycles. The van der Waals surface area contributed by atoms with Gasteiger partial charge in [-0.05, 0) is 45.9 Å². The van der Waals surface area contributed by atoms with Crippen LogP contribution in [0.1, 0.15) is 19.4 Å². The number of fused-ring (bicyclic) bond motifs is 1. The van der Waals surface area contributed by atoms with Crippen LogP contribution in [0, 0.1) is 0 Å². The van der Waals surface area contributed by atoms with Crippen LogP contribution in [0.3, 0.4) is 0 Å². The van der Waals surface area contributed by atoms with Crippen LogP contribution in [-0.2, 0) is 6.54 Å². The van der Waals surface area contributed by atoms with Gasteiger partial charge in [0.25, 0.3) is 5.56 Å². The van der Waals surface area contributed by atoms with Crippen molar-refractivity contribution in [2.75, 3.05) is 6.26 Å². The summed E-state index contributed by atoms with van der Waals surface area (Å²) in [7, 11) is 0. The van der Waals surface area contributed by atoms with Gasteiger partial charge in [-0.1, -0.05) is 49.9 Å². The summed E-state index contributed by atoms with van der Waals surface area (Å²) in [6, 6.07) is 15.0. The van der Waals surface area contributed by atoms with Crippen molar-refractivity contribution in [3.8, 4) is 11.3 Å². The lowest BCUT2D eigenvalue weighted by atomic mass is 10.1. The molecular weight excluding hydrogens is 438 g/mol. The van der Waals surface area contributed by atoms with E-state index in [1.54, 1.807) is 22.9 Å². The molecule has 0 saturated heterocycles. The fourth-order valence-corrected chi connectivity index (χ4v) is 3.38. The molecule has 0 spiro atoms. The predicted molar refractivity (Wildman–Crippen MR) is 118 cm³/mol. The fraction of sp³-hybridized carbons (Fsp3) is 0.190. The summed E-state index contributed by atoms with van der Waals surface area (Å²) in [5.41, 5.74) is 2.56. The quantitative estimate of drug-likeness (QED) is 0.294. The van der Waals surface area contributed by atoms with Crippen molar-refractivity contribution in [2.24, 2.45) is 0 Å². The molecule has 0 saturated carbocycles. The molecule has 0 N–H and O–H groups in total. The highest BCUT2D eigenvalue weighted by molar-refractivity contribution is 9.10. The molecule has 0 amide bonds. The number of halogens is 1. The van der Waals surface area contributed by atoms with Crippen LogP contribution in [0.2, 0.25) is 0 Å². The Hall–Kier alpha value is -2.38. The Kier molecular flexibility index (Phi) is 6.70. The Morgan fingerprint density at radius 1 is 1.07 bits per heavy atom. The van der Waals surface area contributed by atoms with Gasteiger partial charge in [-0.3, -0.25) is 9.36 Å². The first kappa shape index (κ1) is 20.4. The van der Waals surface area contributed by atoms with Gasteiger partial charge in [-0.25, -0.2) is 9.97 Å². The minimum atomic E-state index is -0.0812. The Balaban J connectivity index is 0.00000109. The van der Waals surface area contributed by atoms with Gasteiger partial charge in [0.15, 0.2) is 9.83 Å². The first-order valence-corrected chi connectivity index (χ1v) is 10.9. The van der Waals surface area contributed by atoms with Gasteiger partial charge in [0, 0.05) is 23.2 Å². The molecule has 28 heavy (non-hydrogen) atoms. The van der Waals surface area contributed by atoms with Crippen molar-refractivity contribution in [3.63, 3.8) is 0 Å². The molecule has 4 aromatic rings. The maximum atomic E-state index is 12.4. The maximum Gasteiger partial charge on any atom is 0.252 e. The SMILES string of the molecule is CC.CSc1ncc2ccc(=O)n(Cc3ccc(-c4ccc(Br)o4)cc3)c2n1. The topological polar surface area (TPSA) is 60.9 Å². The summed E-state index contributed by atoms with van der Waals surface area (Å²) in [4.78, 5) is 21.2. The summed E-state index contributed by atoms with van der Waals surface area (Å²) in [5, 5.41) is 1.50. The first-order valence-electron chi connectivity index (χ1n) is 8.89. The first-order chi connectivity index (χ1) is 13.6. The Morgan fingerprint density at radius 3 is 2.46 bits per heavy atom. The van der Waals surface area contributed by atoms with E-state index in [1.807, 2.05) is 56.5 Å². The number of benzene rings is 1. The molecule has 7 heteroatoms. The lowest BCUT2D eigenvalue weighted by molar-refractivity contribution is 0.556. The third-order valence-corrected chi connectivity index (χ3v) is 5.02. The third kappa shape index (κ3) is 4.36. The van der Waals surface area contributed by atoms with Crippen molar-refractivity contribution in [1.82, 2.24) is 14.5 Å². The molecule has 0 aliphatic rings. The molecular formula is C21H20BrN3O2S. The van der Waals surface area contributed by atoms with Crippen molar-refractivity contribution in [1.29, 1.82) is 0 Å². The van der Waals surface area contributed by atoms with Crippen LogP contribution >= 0.6 is 27.7 Å². The van der Waals surface area contributed by atoms with Crippen molar-refractivity contribution < 1.29 is 4.42 Å². The van der Waals surface area contributed by atoms with E-state index in [-0.39, 0.29) is 5.56 Å². The average Bonchev–Trinajstić information content (AvgIpc) is 3.18. The molecule has 0 atom stereocenters. The number of pyridine rings is 1. The highest BCUT2D eigenvalue weighted by Crippen LogP contribution is 2.25. The van der Waals surface area contributed by atoms with Crippen LogP contribution in [-0.4, -0.2) is 20.8 Å². The van der Waals surface area contributed by atoms with Gasteiger partial charge in [0.1, 0.15) is 11.4 Å². The summed E-state index contributed by atoms with van der Waals surface area (Å²) >= 11 is 4.77. The van der Waals surface area contributed by atoms with E-state index >= 15 is 0 Å². The number of rotatable bonds is 4. The van der Waals surface area contributed by atoms with E-state index in [0.717, 1.165) is 22.3 Å². The molecule has 144 valence electrons. The Morgan fingerprint density at radius 2 is 1.82 bits per heavy atom. The summed E-state index contributed by atoms with van der Waals surface area (Å²) in [5.74, 6) is 0.795. The van der Waals surface area contributed by atoms with Crippen LogP contribution in [0.25, 0.3) is 22.4 Å². The number of nitrogens with zero attached hydrogens (tertiary/aromatic N) is 3. The van der Waals surface area contributed by atoms with E-state index < -0.39 is 0 Å². The standard InChI is InChI=1S/C19H14BrN3O2S.C2H6/c1-26-19-21-10-14-6-9-17(24)23(18(14)22-19)11-12-2-4-13(5-3-12)15-7-8-16(20)25-15;1-2/h2-10H,11H2,1H3;1-2H3. The zero-order chi connectivity index (χ0) is 20.1. The van der Waals surface area contributed by atoms with Crippen LogP contribution < -0.4 is 5.56 Å². The normalized spacial score (nSPS) is 10.6. The zero-order valence-electron chi connectivity index (χ0n) is 15.8. The molecule has 3 aromatic heterocycles. The Labute approximate surface area is 176 Å². The molecule has 0 aliphatic carbocycles. The number of thioether (sulfide) groups is 1. The number of hydrogen-bond acceptors (Lipinski definition) is 5.